The van der Waals surface area contributed by atoms with E-state index in [-0.39, 0.29) is 5.92 Å². The predicted molar refractivity (Wildman–Crippen MR) is 60.8 cm³/mol. The smallest absolute Gasteiger partial charge is 0.307 e. The molecule has 88 valence electrons. The molecular weight excluding hydrogens is 190 g/mol. The lowest BCUT2D eigenvalue weighted by Gasteiger charge is -2.28. The molecule has 1 aliphatic rings. The maximum Gasteiger partial charge on any atom is 0.307 e. The van der Waals surface area contributed by atoms with Crippen LogP contribution in [-0.2, 0) is 4.79 Å². The summed E-state index contributed by atoms with van der Waals surface area (Å²) >= 11 is 0. The van der Waals surface area contributed by atoms with Crippen molar-refractivity contribution < 1.29 is 9.90 Å². The monoisotopic (exact) mass is 213 g/mol. The molecule has 1 aliphatic carbocycles. The van der Waals surface area contributed by atoms with E-state index in [1.807, 2.05) is 0 Å². The van der Waals surface area contributed by atoms with Crippen molar-refractivity contribution in [3.05, 3.63) is 0 Å². The highest BCUT2D eigenvalue weighted by molar-refractivity contribution is 5.69. The van der Waals surface area contributed by atoms with Crippen molar-refractivity contribution in [2.45, 2.75) is 52.0 Å². The van der Waals surface area contributed by atoms with Crippen LogP contribution in [0.25, 0.3) is 0 Å². The zero-order chi connectivity index (χ0) is 11.3. The third-order valence-electron chi connectivity index (χ3n) is 3.52. The summed E-state index contributed by atoms with van der Waals surface area (Å²) in [7, 11) is 0. The number of carboxylic acids is 1. The van der Waals surface area contributed by atoms with Crippen LogP contribution in [0.1, 0.15) is 46.0 Å². The van der Waals surface area contributed by atoms with Gasteiger partial charge < -0.3 is 10.4 Å². The summed E-state index contributed by atoms with van der Waals surface area (Å²) in [5, 5.41) is 12.1. The molecule has 2 atom stereocenters. The molecule has 0 aliphatic heterocycles. The van der Waals surface area contributed by atoms with Crippen molar-refractivity contribution >= 4 is 5.97 Å². The molecule has 3 heteroatoms. The summed E-state index contributed by atoms with van der Waals surface area (Å²) < 4.78 is 0. The van der Waals surface area contributed by atoms with Crippen LogP contribution < -0.4 is 5.32 Å². The van der Waals surface area contributed by atoms with Crippen molar-refractivity contribution in [1.29, 1.82) is 0 Å². The zero-order valence-electron chi connectivity index (χ0n) is 9.83. The molecule has 3 nitrogen and oxygen atoms in total. The molecule has 0 aromatic rings. The molecule has 1 saturated carbocycles. The van der Waals surface area contributed by atoms with Crippen LogP contribution in [0.15, 0.2) is 0 Å². The fourth-order valence-electron chi connectivity index (χ4n) is 2.25. The van der Waals surface area contributed by atoms with Gasteiger partial charge in [-0.15, -0.1) is 0 Å². The zero-order valence-corrected chi connectivity index (χ0v) is 9.83. The van der Waals surface area contributed by atoms with Crippen molar-refractivity contribution in [2.75, 3.05) is 6.54 Å². The first-order valence-electron chi connectivity index (χ1n) is 6.07. The maximum absolute atomic E-state index is 10.6. The Morgan fingerprint density at radius 3 is 2.47 bits per heavy atom. The second-order valence-corrected chi connectivity index (χ2v) is 4.83. The van der Waals surface area contributed by atoms with Crippen LogP contribution in [0.2, 0.25) is 0 Å². The van der Waals surface area contributed by atoms with E-state index < -0.39 is 5.97 Å². The number of aliphatic carboxylic acids is 1. The van der Waals surface area contributed by atoms with Crippen molar-refractivity contribution in [3.8, 4) is 0 Å². The van der Waals surface area contributed by atoms with Gasteiger partial charge in [-0.2, -0.15) is 0 Å². The van der Waals surface area contributed by atoms with Gasteiger partial charge in [-0.25, -0.2) is 0 Å². The van der Waals surface area contributed by atoms with E-state index in [0.29, 0.717) is 12.6 Å². The van der Waals surface area contributed by atoms with Gasteiger partial charge in [0.25, 0.3) is 0 Å². The van der Waals surface area contributed by atoms with E-state index in [4.69, 9.17) is 5.11 Å². The van der Waals surface area contributed by atoms with Gasteiger partial charge in [0.05, 0.1) is 5.92 Å². The second kappa shape index (κ2) is 6.11. The Bertz CT molecular complexity index is 200. The van der Waals surface area contributed by atoms with Crippen LogP contribution in [0.4, 0.5) is 0 Å². The molecule has 1 unspecified atom stereocenters. The van der Waals surface area contributed by atoms with Crippen LogP contribution in [0.3, 0.4) is 0 Å². The van der Waals surface area contributed by atoms with E-state index >= 15 is 0 Å². The van der Waals surface area contributed by atoms with Gasteiger partial charge in [-0.1, -0.05) is 26.2 Å². The Hall–Kier alpha value is -0.570. The number of hydrogen-bond donors (Lipinski definition) is 2. The van der Waals surface area contributed by atoms with Crippen molar-refractivity contribution in [1.82, 2.24) is 5.32 Å². The van der Waals surface area contributed by atoms with Gasteiger partial charge in [0, 0.05) is 12.6 Å². The number of hydrogen-bond acceptors (Lipinski definition) is 2. The predicted octanol–water partition coefficient (Wildman–Crippen LogP) is 2.27. The minimum atomic E-state index is -0.710. The van der Waals surface area contributed by atoms with Gasteiger partial charge in [0.1, 0.15) is 0 Å². The summed E-state index contributed by atoms with van der Waals surface area (Å²) in [5.74, 6) is -0.242. The Balaban J connectivity index is 2.22. The molecular formula is C12H23NO2. The molecule has 0 heterocycles. The topological polar surface area (TPSA) is 49.3 Å². The molecule has 0 bridgehead atoms. The first-order chi connectivity index (χ1) is 7.11. The van der Waals surface area contributed by atoms with Gasteiger partial charge in [-0.05, 0) is 25.7 Å². The molecule has 0 amide bonds. The Kier molecular flexibility index (Phi) is 5.09. The Labute approximate surface area is 92.3 Å². The highest BCUT2D eigenvalue weighted by Crippen LogP contribution is 2.26. The van der Waals surface area contributed by atoms with Crippen LogP contribution in [0, 0.1) is 11.8 Å². The van der Waals surface area contributed by atoms with Crippen LogP contribution in [-0.4, -0.2) is 23.7 Å². The Morgan fingerprint density at radius 1 is 1.33 bits per heavy atom. The maximum atomic E-state index is 10.6. The first-order valence-corrected chi connectivity index (χ1v) is 6.07. The van der Waals surface area contributed by atoms with E-state index in [1.165, 1.54) is 32.1 Å². The molecule has 0 radical (unpaired) electrons. The van der Waals surface area contributed by atoms with Crippen LogP contribution in [0.5, 0.6) is 0 Å². The van der Waals surface area contributed by atoms with Crippen molar-refractivity contribution in [2.24, 2.45) is 11.8 Å². The van der Waals surface area contributed by atoms with Gasteiger partial charge in [-0.3, -0.25) is 4.79 Å². The molecule has 2 N–H and O–H groups in total. The average molecular weight is 213 g/mol. The second-order valence-electron chi connectivity index (χ2n) is 4.83. The number of rotatable bonds is 5. The average Bonchev–Trinajstić information content (AvgIpc) is 2.26. The number of nitrogens with one attached hydrogen (secondary N) is 1. The fourth-order valence-corrected chi connectivity index (χ4v) is 2.25. The van der Waals surface area contributed by atoms with Crippen molar-refractivity contribution in [3.63, 3.8) is 0 Å². The number of carbonyl (C=O) groups is 1. The molecule has 1 fully saturated rings. The highest BCUT2D eigenvalue weighted by Gasteiger charge is 2.20. The minimum absolute atomic E-state index is 0.281. The SMILES string of the molecule is CC(CN[C@H](C)C1CCCCC1)C(=O)O. The van der Waals surface area contributed by atoms with Crippen LogP contribution >= 0.6 is 0 Å². The normalized spacial score (nSPS) is 22.3. The lowest BCUT2D eigenvalue weighted by Crippen LogP contribution is -2.38. The largest absolute Gasteiger partial charge is 0.481 e. The van der Waals surface area contributed by atoms with Gasteiger partial charge in [0.15, 0.2) is 0 Å². The summed E-state index contributed by atoms with van der Waals surface area (Å²) in [6.45, 7) is 4.53. The van der Waals surface area contributed by atoms with Gasteiger partial charge in [0.2, 0.25) is 0 Å². The molecule has 15 heavy (non-hydrogen) atoms. The molecule has 0 saturated heterocycles. The summed E-state index contributed by atoms with van der Waals surface area (Å²) in [6, 6.07) is 0.465. The molecule has 0 aromatic carbocycles. The lowest BCUT2D eigenvalue weighted by atomic mass is 9.84. The third-order valence-corrected chi connectivity index (χ3v) is 3.52. The fraction of sp³-hybridized carbons (Fsp3) is 0.917. The summed E-state index contributed by atoms with van der Waals surface area (Å²) in [6.07, 6.45) is 6.65. The standard InChI is InChI=1S/C12H23NO2/c1-9(12(14)15)8-13-10(2)11-6-4-3-5-7-11/h9-11,13H,3-8H2,1-2H3,(H,14,15)/t9?,10-/m1/s1. The van der Waals surface area contributed by atoms with E-state index in [0.717, 1.165) is 5.92 Å². The minimum Gasteiger partial charge on any atom is -0.481 e. The van der Waals surface area contributed by atoms with E-state index in [1.54, 1.807) is 6.92 Å². The summed E-state index contributed by atoms with van der Waals surface area (Å²) in [5.41, 5.74) is 0. The quantitative estimate of drug-likeness (QED) is 0.736. The van der Waals surface area contributed by atoms with E-state index in [9.17, 15) is 4.79 Å². The highest BCUT2D eigenvalue weighted by atomic mass is 16.4. The van der Waals surface area contributed by atoms with Gasteiger partial charge >= 0.3 is 5.97 Å². The lowest BCUT2D eigenvalue weighted by molar-refractivity contribution is -0.141. The number of carboxylic acid groups (broad SMARTS) is 1. The Morgan fingerprint density at radius 2 is 1.93 bits per heavy atom. The third kappa shape index (κ3) is 4.20. The first kappa shape index (κ1) is 12.5. The molecule has 0 aromatic heterocycles. The molecule has 0 spiro atoms. The molecule has 1 rings (SSSR count). The summed E-state index contributed by atoms with van der Waals surface area (Å²) in [4.78, 5) is 10.6. The van der Waals surface area contributed by atoms with E-state index in [2.05, 4.69) is 12.2 Å².